The normalized spacial score (nSPS) is 16.0. The summed E-state index contributed by atoms with van der Waals surface area (Å²) in [6.07, 6.45) is 0. The van der Waals surface area contributed by atoms with E-state index in [1.165, 1.54) is 10.2 Å². The van der Waals surface area contributed by atoms with Gasteiger partial charge in [-0.2, -0.15) is 0 Å². The molecule has 0 saturated heterocycles. The van der Waals surface area contributed by atoms with E-state index in [9.17, 15) is 0 Å². The molecule has 9 heavy (non-hydrogen) atoms. The maximum absolute atomic E-state index is 3.42. The van der Waals surface area contributed by atoms with Gasteiger partial charge in [0.05, 0.1) is 0 Å². The van der Waals surface area contributed by atoms with E-state index in [0.29, 0.717) is 11.1 Å². The van der Waals surface area contributed by atoms with Crippen LogP contribution in [0.15, 0.2) is 0 Å². The Hall–Kier alpha value is 0.177. The molecule has 2 heteroatoms. The molecule has 0 aliphatic heterocycles. The van der Waals surface area contributed by atoms with Gasteiger partial charge < -0.3 is 5.32 Å². The average molecular weight is 145 g/mol. The van der Waals surface area contributed by atoms with Crippen molar-refractivity contribution in [2.24, 2.45) is 0 Å². The molecule has 0 amide bonds. The minimum absolute atomic E-state index is 0.538. The summed E-state index contributed by atoms with van der Waals surface area (Å²) in [7, 11) is 1.26. The molecule has 0 aliphatic carbocycles. The Kier molecular flexibility index (Phi) is 3.44. The highest BCUT2D eigenvalue weighted by Gasteiger charge is 2.17. The van der Waals surface area contributed by atoms with Crippen molar-refractivity contribution in [1.82, 2.24) is 5.32 Å². The van der Waals surface area contributed by atoms with Crippen molar-refractivity contribution in [1.29, 1.82) is 0 Å². The van der Waals surface area contributed by atoms with Gasteiger partial charge in [-0.3, -0.25) is 0 Å². The quantitative estimate of drug-likeness (QED) is 0.572. The first-order chi connectivity index (χ1) is 3.98. The first-order valence-electron chi connectivity index (χ1n) is 3.72. The Morgan fingerprint density at radius 1 is 1.56 bits per heavy atom. The van der Waals surface area contributed by atoms with Crippen LogP contribution < -0.4 is 5.32 Å². The molecular weight excluding hydrogens is 126 g/mol. The molecule has 0 aromatic rings. The Morgan fingerprint density at radius 2 is 2.00 bits per heavy atom. The molecule has 56 valence electrons. The molecule has 1 N–H and O–H groups in total. The van der Waals surface area contributed by atoms with Crippen molar-refractivity contribution in [2.45, 2.75) is 38.8 Å². The number of hydrogen-bond donors (Lipinski definition) is 1. The van der Waals surface area contributed by atoms with Crippen molar-refractivity contribution >= 4 is 10.2 Å². The molecule has 0 aliphatic rings. The topological polar surface area (TPSA) is 12.0 Å². The number of rotatable bonds is 3. The van der Waals surface area contributed by atoms with Crippen LogP contribution in [-0.2, 0) is 0 Å². The molecule has 1 atom stereocenters. The summed E-state index contributed by atoms with van der Waals surface area (Å²) < 4.78 is 0. The summed E-state index contributed by atoms with van der Waals surface area (Å²) >= 11 is 0. The van der Waals surface area contributed by atoms with E-state index < -0.39 is 0 Å². The Morgan fingerprint density at radius 3 is 2.11 bits per heavy atom. The van der Waals surface area contributed by atoms with Gasteiger partial charge in [0.15, 0.2) is 0 Å². The third kappa shape index (κ3) is 3.70. The SMILES string of the molecule is CCNC(C)C(C)(C)[SiH3]. The van der Waals surface area contributed by atoms with Gasteiger partial charge in [-0.05, 0) is 18.5 Å². The zero-order valence-corrected chi connectivity index (χ0v) is 9.28. The highest BCUT2D eigenvalue weighted by molar-refractivity contribution is 6.15. The second-order valence-corrected chi connectivity index (χ2v) is 6.22. The molecule has 0 fully saturated rings. The van der Waals surface area contributed by atoms with Crippen molar-refractivity contribution < 1.29 is 0 Å². The molecule has 1 unspecified atom stereocenters. The fourth-order valence-electron chi connectivity index (χ4n) is 0.612. The van der Waals surface area contributed by atoms with E-state index in [-0.39, 0.29) is 0 Å². The van der Waals surface area contributed by atoms with Gasteiger partial charge in [0.25, 0.3) is 0 Å². The Labute approximate surface area is 61.6 Å². The summed E-state index contributed by atoms with van der Waals surface area (Å²) in [6, 6.07) is 0.675. The zero-order chi connectivity index (χ0) is 7.49. The summed E-state index contributed by atoms with van der Waals surface area (Å²) in [5.74, 6) is 0. The monoisotopic (exact) mass is 145 g/mol. The second-order valence-electron chi connectivity index (χ2n) is 3.65. The molecule has 0 aromatic heterocycles. The van der Waals surface area contributed by atoms with Crippen molar-refractivity contribution in [2.75, 3.05) is 6.54 Å². The third-order valence-electron chi connectivity index (χ3n) is 1.81. The maximum Gasteiger partial charge on any atom is 0.0119 e. The molecule has 0 rings (SSSR count). The minimum atomic E-state index is 0.538. The fourth-order valence-corrected chi connectivity index (χ4v) is 0.816. The van der Waals surface area contributed by atoms with Gasteiger partial charge in [-0.25, -0.2) is 0 Å². The molecule has 0 spiro atoms. The lowest BCUT2D eigenvalue weighted by Gasteiger charge is -2.27. The van der Waals surface area contributed by atoms with Crippen molar-refractivity contribution in [3.05, 3.63) is 0 Å². The molecule has 0 radical (unpaired) electrons. The van der Waals surface area contributed by atoms with Crippen LogP contribution in [-0.4, -0.2) is 22.8 Å². The predicted octanol–water partition coefficient (Wildman–Crippen LogP) is 0.548. The summed E-state index contributed by atoms with van der Waals surface area (Å²) in [6.45, 7) is 10.1. The Balaban J connectivity index is 3.59. The summed E-state index contributed by atoms with van der Waals surface area (Å²) in [5.41, 5.74) is 0. The third-order valence-corrected chi connectivity index (χ3v) is 2.68. The van der Waals surface area contributed by atoms with E-state index in [4.69, 9.17) is 0 Å². The van der Waals surface area contributed by atoms with Crippen molar-refractivity contribution in [3.63, 3.8) is 0 Å². The van der Waals surface area contributed by atoms with Gasteiger partial charge in [-0.1, -0.05) is 20.8 Å². The standard InChI is InChI=1S/C7H19NSi/c1-5-8-6(2)7(3,4)9/h6,8H,5H2,1-4,9H3. The maximum atomic E-state index is 3.42. The largest absolute Gasteiger partial charge is 0.314 e. The van der Waals surface area contributed by atoms with E-state index in [2.05, 4.69) is 33.0 Å². The molecule has 1 nitrogen and oxygen atoms in total. The summed E-state index contributed by atoms with van der Waals surface area (Å²) in [5, 5.41) is 3.96. The van der Waals surface area contributed by atoms with Crippen LogP contribution in [0, 0.1) is 0 Å². The van der Waals surface area contributed by atoms with Crippen LogP contribution in [0.1, 0.15) is 27.7 Å². The molecule has 0 heterocycles. The predicted molar refractivity (Wildman–Crippen MR) is 47.1 cm³/mol. The minimum Gasteiger partial charge on any atom is -0.314 e. The van der Waals surface area contributed by atoms with E-state index in [0.717, 1.165) is 6.54 Å². The second kappa shape index (κ2) is 3.37. The smallest absolute Gasteiger partial charge is 0.0119 e. The van der Waals surface area contributed by atoms with Gasteiger partial charge in [0, 0.05) is 16.3 Å². The van der Waals surface area contributed by atoms with Crippen LogP contribution >= 0.6 is 0 Å². The first-order valence-corrected chi connectivity index (χ1v) is 4.72. The van der Waals surface area contributed by atoms with E-state index in [1.807, 2.05) is 0 Å². The van der Waals surface area contributed by atoms with Crippen molar-refractivity contribution in [3.8, 4) is 0 Å². The lowest BCUT2D eigenvalue weighted by Crippen LogP contribution is -2.35. The first kappa shape index (κ1) is 9.18. The van der Waals surface area contributed by atoms with E-state index in [1.54, 1.807) is 0 Å². The number of nitrogens with one attached hydrogen (secondary N) is 1. The van der Waals surface area contributed by atoms with Gasteiger partial charge in [0.1, 0.15) is 0 Å². The van der Waals surface area contributed by atoms with Gasteiger partial charge in [-0.15, -0.1) is 0 Å². The summed E-state index contributed by atoms with van der Waals surface area (Å²) in [4.78, 5) is 0. The van der Waals surface area contributed by atoms with Crippen LogP contribution in [0.25, 0.3) is 0 Å². The van der Waals surface area contributed by atoms with Crippen LogP contribution in [0.3, 0.4) is 0 Å². The molecule has 0 aromatic carbocycles. The van der Waals surface area contributed by atoms with Crippen LogP contribution in [0.2, 0.25) is 5.04 Å². The fraction of sp³-hybridized carbons (Fsp3) is 1.00. The van der Waals surface area contributed by atoms with Gasteiger partial charge >= 0.3 is 0 Å². The van der Waals surface area contributed by atoms with Crippen LogP contribution in [0.5, 0.6) is 0 Å². The zero-order valence-electron chi connectivity index (χ0n) is 7.28. The lowest BCUT2D eigenvalue weighted by atomic mass is 10.1. The highest BCUT2D eigenvalue weighted by atomic mass is 28.1. The van der Waals surface area contributed by atoms with E-state index >= 15 is 0 Å². The lowest BCUT2D eigenvalue weighted by molar-refractivity contribution is 0.455. The van der Waals surface area contributed by atoms with Crippen LogP contribution in [0.4, 0.5) is 0 Å². The molecular formula is C7H19NSi. The number of hydrogen-bond acceptors (Lipinski definition) is 1. The van der Waals surface area contributed by atoms with Gasteiger partial charge in [0.2, 0.25) is 0 Å². The molecule has 0 bridgehead atoms. The molecule has 0 saturated carbocycles. The highest BCUT2D eigenvalue weighted by Crippen LogP contribution is 2.22. The average Bonchev–Trinajstić information content (AvgIpc) is 1.64. The Bertz CT molecular complexity index is 75.5.